The topological polar surface area (TPSA) is 182 Å². The van der Waals surface area contributed by atoms with Gasteiger partial charge in [0.1, 0.15) is 38.8 Å². The first-order valence-corrected chi connectivity index (χ1v) is 22.6. The van der Waals surface area contributed by atoms with Crippen molar-refractivity contribution in [2.24, 2.45) is 0 Å². The molecule has 0 spiro atoms. The average molecular weight is 1020 g/mol. The van der Waals surface area contributed by atoms with Crippen LogP contribution in [-0.2, 0) is 48.4 Å². The van der Waals surface area contributed by atoms with Crippen molar-refractivity contribution in [3.63, 3.8) is 0 Å². The van der Waals surface area contributed by atoms with Gasteiger partial charge < -0.3 is 14.2 Å². The number of nitrogens with zero attached hydrogens (tertiary/aromatic N) is 8. The second-order valence-electron chi connectivity index (χ2n) is 14.5. The molecule has 0 saturated carbocycles. The predicted molar refractivity (Wildman–Crippen MR) is 276 cm³/mol. The molecule has 360 valence electrons. The van der Waals surface area contributed by atoms with E-state index in [9.17, 15) is 14.4 Å². The lowest BCUT2D eigenvalue weighted by Crippen LogP contribution is -2.01. The molecule has 6 aromatic carbocycles. The minimum absolute atomic E-state index is 0.231. The first-order valence-electron chi connectivity index (χ1n) is 21.5. The third kappa shape index (κ3) is 18.5. The Labute approximate surface area is 429 Å². The maximum Gasteiger partial charge on any atom is 0.384 e. The number of hydrogen-bond acceptors (Lipinski definition) is 12. The molecule has 1 N–H and O–H groups in total. The number of H-pyrrole nitrogens is 1. The van der Waals surface area contributed by atoms with E-state index in [1.165, 1.54) is 52.9 Å². The summed E-state index contributed by atoms with van der Waals surface area (Å²) in [6.45, 7) is 0.703. The van der Waals surface area contributed by atoms with Crippen LogP contribution < -0.4 is 0 Å². The molecule has 0 bridgehead atoms. The first kappa shape index (κ1) is 52.4. The van der Waals surface area contributed by atoms with Crippen molar-refractivity contribution >= 4 is 65.1 Å². The average Bonchev–Trinajstić information content (AvgIpc) is 4.24. The van der Waals surface area contributed by atoms with Gasteiger partial charge in [-0.05, 0) is 53.1 Å². The highest BCUT2D eigenvalue weighted by Crippen LogP contribution is 2.21. The fraction of sp³-hybridized carbons (Fsp3) is 0.0556. The summed E-state index contributed by atoms with van der Waals surface area (Å²) in [5, 5.41) is 17.0. The minimum Gasteiger partial charge on any atom is -0.458 e. The molecule has 9 rings (SSSR count). The third-order valence-corrected chi connectivity index (χ3v) is 9.91. The number of carbonyl (C=O) groups is 3. The zero-order valence-corrected chi connectivity index (χ0v) is 40.3. The molecule has 3 aromatic heterocycles. The van der Waals surface area contributed by atoms with Gasteiger partial charge in [-0.1, -0.05) is 162 Å². The lowest BCUT2D eigenvalue weighted by Gasteiger charge is -2.01. The van der Waals surface area contributed by atoms with Crippen LogP contribution in [0.3, 0.4) is 0 Å². The van der Waals surface area contributed by atoms with Gasteiger partial charge in [-0.25, -0.2) is 38.7 Å². The van der Waals surface area contributed by atoms with E-state index in [-0.39, 0.29) is 19.8 Å². The molecule has 0 unspecified atom stereocenters. The number of hydrogen-bond donors (Lipinski definition) is 1. The highest BCUT2D eigenvalue weighted by Gasteiger charge is 2.07. The molecule has 9 aromatic rings. The largest absolute Gasteiger partial charge is 0.458 e. The molecule has 18 heteroatoms. The zero-order chi connectivity index (χ0) is 50.8. The minimum atomic E-state index is -0.626. The normalized spacial score (nSPS) is 10.4. The molecule has 0 radical (unpaired) electrons. The molecule has 0 aliphatic carbocycles. The Hall–Kier alpha value is -8.94. The van der Waals surface area contributed by atoms with E-state index in [2.05, 4.69) is 35.3 Å². The van der Waals surface area contributed by atoms with Crippen LogP contribution in [0.2, 0.25) is 15.1 Å². The van der Waals surface area contributed by atoms with E-state index in [4.69, 9.17) is 55.4 Å². The van der Waals surface area contributed by atoms with Crippen LogP contribution in [0.15, 0.2) is 195 Å². The van der Waals surface area contributed by atoms with E-state index in [0.29, 0.717) is 26.7 Å². The predicted octanol–water partition coefficient (Wildman–Crippen LogP) is 11.1. The molecule has 0 aliphatic rings. The summed E-state index contributed by atoms with van der Waals surface area (Å²) in [4.78, 5) is 46.4. The summed E-state index contributed by atoms with van der Waals surface area (Å²) in [5.41, 5.74) is 5.36. The molecule has 0 fully saturated rings. The molecule has 3 heterocycles. The van der Waals surface area contributed by atoms with Crippen molar-refractivity contribution in [1.29, 1.82) is 0 Å². The van der Waals surface area contributed by atoms with E-state index >= 15 is 0 Å². The number of ether oxygens (including phenoxy) is 3. The van der Waals surface area contributed by atoms with Gasteiger partial charge in [0, 0.05) is 62.2 Å². The molecular formula is C54H42Cl3N9O6. The lowest BCUT2D eigenvalue weighted by molar-refractivity contribution is -0.139. The Morgan fingerprint density at radius 2 is 0.931 bits per heavy atom. The summed E-state index contributed by atoms with van der Waals surface area (Å²) in [6.07, 6.45) is 14.9. The Bertz CT molecular complexity index is 3070. The van der Waals surface area contributed by atoms with Gasteiger partial charge in [0.2, 0.25) is 0 Å². The van der Waals surface area contributed by atoms with Crippen LogP contribution >= 0.6 is 34.8 Å². The van der Waals surface area contributed by atoms with E-state index in [0.717, 1.165) is 39.2 Å². The number of esters is 3. The van der Waals surface area contributed by atoms with Crippen molar-refractivity contribution in [3.8, 4) is 46.5 Å². The van der Waals surface area contributed by atoms with E-state index < -0.39 is 17.9 Å². The molecule has 0 amide bonds. The molecule has 72 heavy (non-hydrogen) atoms. The van der Waals surface area contributed by atoms with Gasteiger partial charge in [-0.15, -0.1) is 16.6 Å². The molecule has 0 aliphatic heterocycles. The van der Waals surface area contributed by atoms with Crippen LogP contribution in [0.5, 0.6) is 0 Å². The number of terminal acetylenes is 1. The van der Waals surface area contributed by atoms with Crippen LogP contribution in [0, 0.1) is 12.3 Å². The number of benzene rings is 6. The smallest absolute Gasteiger partial charge is 0.384 e. The number of aromatic amines is 1. The number of rotatable bonds is 13. The van der Waals surface area contributed by atoms with Crippen LogP contribution in [0.4, 0.5) is 0 Å². The van der Waals surface area contributed by atoms with Crippen molar-refractivity contribution < 1.29 is 28.6 Å². The zero-order valence-electron chi connectivity index (χ0n) is 38.0. The Morgan fingerprint density at radius 1 is 0.528 bits per heavy atom. The third-order valence-electron chi connectivity index (χ3n) is 9.20. The maximum absolute atomic E-state index is 11.7. The lowest BCUT2D eigenvalue weighted by atomic mass is 10.2. The Kier molecular flexibility index (Phi) is 20.8. The van der Waals surface area contributed by atoms with Gasteiger partial charge in [0.25, 0.3) is 0 Å². The van der Waals surface area contributed by atoms with Crippen molar-refractivity contribution in [3.05, 3.63) is 227 Å². The molecular weight excluding hydrogens is 977 g/mol. The number of halogens is 3. The summed E-state index contributed by atoms with van der Waals surface area (Å²) < 4.78 is 17.9. The molecule has 15 nitrogen and oxygen atoms in total. The monoisotopic (exact) mass is 1020 g/mol. The van der Waals surface area contributed by atoms with Crippen molar-refractivity contribution in [1.82, 2.24) is 44.7 Å². The summed E-state index contributed by atoms with van der Waals surface area (Å²) in [5.74, 6) is 2.15. The summed E-state index contributed by atoms with van der Waals surface area (Å²) in [7, 11) is 0. The fourth-order valence-corrected chi connectivity index (χ4v) is 6.36. The van der Waals surface area contributed by atoms with Gasteiger partial charge in [0.15, 0.2) is 17.5 Å². The van der Waals surface area contributed by atoms with Gasteiger partial charge in [-0.3, -0.25) is 5.10 Å². The molecule has 0 saturated heterocycles. The molecule has 0 atom stereocenters. The highest BCUT2D eigenvalue weighted by molar-refractivity contribution is 6.31. The first-order chi connectivity index (χ1) is 35.1. The van der Waals surface area contributed by atoms with E-state index in [1.54, 1.807) is 24.3 Å². The van der Waals surface area contributed by atoms with Gasteiger partial charge in [0.05, 0.1) is 0 Å². The second kappa shape index (κ2) is 28.5. The second-order valence-corrected chi connectivity index (χ2v) is 15.8. The fourth-order valence-electron chi connectivity index (χ4n) is 5.79. The highest BCUT2D eigenvalue weighted by atomic mass is 35.5. The van der Waals surface area contributed by atoms with Gasteiger partial charge in [-0.2, -0.15) is 5.10 Å². The van der Waals surface area contributed by atoms with Crippen molar-refractivity contribution in [2.75, 3.05) is 0 Å². The van der Waals surface area contributed by atoms with Crippen LogP contribution in [0.1, 0.15) is 16.7 Å². The van der Waals surface area contributed by atoms with E-state index in [1.807, 2.05) is 145 Å². The van der Waals surface area contributed by atoms with Gasteiger partial charge >= 0.3 is 17.9 Å². The Balaban J connectivity index is 0.000000165. The number of nitrogens with one attached hydrogen (secondary N) is 1. The SMILES string of the molecule is C#CC(=O)OCc1ccccc1.Clc1cccc(-c2ncn[nH]2)c1.O=C(/C=C/n1cnc(-c2cccc(Cl)c2)n1)OCc1ccccc1.O=C(/C=C\n1cnc(-c2cccc(Cl)c2)n1)OCc1ccccc1. The standard InChI is InChI=1S/2C18H14ClN3O2.C10H8O2.C8H6ClN3/c2*19-16-8-4-7-15(11-16)18-20-13-22(21-18)10-9-17(23)24-12-14-5-2-1-3-6-14;1-2-10(11)12-8-9-6-4-3-5-7-9;9-7-3-1-2-6(4-7)8-10-5-11-12-8/h2*1-11,13H,12H2;1,3-7H,8H2;1-5H,(H,10,11,12)/b10-9+;10-9-;;. The van der Waals surface area contributed by atoms with Crippen molar-refractivity contribution in [2.45, 2.75) is 19.8 Å². The summed E-state index contributed by atoms with van der Waals surface area (Å²) in [6, 6.07) is 50.3. The number of aromatic nitrogens is 9. The quantitative estimate of drug-likeness (QED) is 0.0380. The number of carbonyl (C=O) groups excluding carboxylic acids is 3. The summed E-state index contributed by atoms with van der Waals surface area (Å²) >= 11 is 17.7. The maximum atomic E-state index is 11.7. The Morgan fingerprint density at radius 3 is 1.32 bits per heavy atom. The van der Waals surface area contributed by atoms with Crippen LogP contribution in [0.25, 0.3) is 46.6 Å². The van der Waals surface area contributed by atoms with Crippen LogP contribution in [-0.4, -0.2) is 62.6 Å².